The molecule has 4 heteroatoms. The molecule has 0 saturated carbocycles. The molecular formula is C18H18ClNO2. The topological polar surface area (TPSA) is 29.5 Å². The van der Waals surface area contributed by atoms with Crippen LogP contribution in [0.2, 0.25) is 5.02 Å². The van der Waals surface area contributed by atoms with E-state index in [0.717, 1.165) is 17.7 Å². The Morgan fingerprint density at radius 1 is 1.14 bits per heavy atom. The van der Waals surface area contributed by atoms with E-state index in [1.165, 1.54) is 4.90 Å². The predicted molar refractivity (Wildman–Crippen MR) is 91.0 cm³/mol. The van der Waals surface area contributed by atoms with Gasteiger partial charge in [0.05, 0.1) is 0 Å². The van der Waals surface area contributed by atoms with E-state index in [4.69, 9.17) is 16.3 Å². The van der Waals surface area contributed by atoms with E-state index in [1.54, 1.807) is 31.3 Å². The average Bonchev–Trinajstić information content (AvgIpc) is 2.55. The first-order valence-electron chi connectivity index (χ1n) is 7.08. The highest BCUT2D eigenvalue weighted by Crippen LogP contribution is 2.21. The van der Waals surface area contributed by atoms with Crippen LogP contribution in [-0.4, -0.2) is 13.1 Å². The van der Waals surface area contributed by atoms with Crippen molar-refractivity contribution in [2.24, 2.45) is 0 Å². The maximum absolute atomic E-state index is 12.3. The number of amides is 1. The molecule has 1 amide bonds. The summed E-state index contributed by atoms with van der Waals surface area (Å²) in [6.07, 6.45) is 2.23. The van der Waals surface area contributed by atoms with Gasteiger partial charge in [-0.1, -0.05) is 48.9 Å². The lowest BCUT2D eigenvalue weighted by Gasteiger charge is -2.18. The maximum Gasteiger partial charge on any atom is 0.419 e. The summed E-state index contributed by atoms with van der Waals surface area (Å²) in [6, 6.07) is 16.6. The van der Waals surface area contributed by atoms with Crippen LogP contribution in [0.3, 0.4) is 0 Å². The molecule has 0 fully saturated rings. The zero-order valence-electron chi connectivity index (χ0n) is 12.6. The Morgan fingerprint density at radius 2 is 1.77 bits per heavy atom. The molecule has 0 bridgehead atoms. The van der Waals surface area contributed by atoms with Crippen LogP contribution in [0.5, 0.6) is 0 Å². The smallest absolute Gasteiger partial charge is 0.410 e. The molecule has 22 heavy (non-hydrogen) atoms. The first-order chi connectivity index (χ1) is 10.6. The fourth-order valence-corrected chi connectivity index (χ4v) is 2.06. The number of nitrogens with zero attached hydrogens (tertiary/aromatic N) is 1. The van der Waals surface area contributed by atoms with E-state index < -0.39 is 6.09 Å². The standard InChI is InChI=1S/C18H18ClNO2/c1-3-7-17(14-8-5-4-6-9-14)22-18(21)20(2)16-12-10-15(19)11-13-16/h4-13H,3H2,1-2H3/b17-7+. The summed E-state index contributed by atoms with van der Waals surface area (Å²) >= 11 is 5.86. The number of rotatable bonds is 4. The van der Waals surface area contributed by atoms with Crippen LogP contribution in [0.4, 0.5) is 10.5 Å². The van der Waals surface area contributed by atoms with Gasteiger partial charge in [0.15, 0.2) is 0 Å². The van der Waals surface area contributed by atoms with Crippen molar-refractivity contribution in [2.45, 2.75) is 13.3 Å². The summed E-state index contributed by atoms with van der Waals surface area (Å²) in [4.78, 5) is 13.8. The summed E-state index contributed by atoms with van der Waals surface area (Å²) in [5, 5.41) is 0.626. The van der Waals surface area contributed by atoms with Gasteiger partial charge in [0.1, 0.15) is 5.76 Å². The Morgan fingerprint density at radius 3 is 2.36 bits per heavy atom. The van der Waals surface area contributed by atoms with Gasteiger partial charge < -0.3 is 4.74 Å². The third-order valence-corrected chi connectivity index (χ3v) is 3.38. The third kappa shape index (κ3) is 4.12. The minimum Gasteiger partial charge on any atom is -0.410 e. The highest BCUT2D eigenvalue weighted by molar-refractivity contribution is 6.30. The van der Waals surface area contributed by atoms with Crippen LogP contribution < -0.4 is 4.90 Å². The van der Waals surface area contributed by atoms with Crippen molar-refractivity contribution in [2.75, 3.05) is 11.9 Å². The van der Waals surface area contributed by atoms with E-state index in [-0.39, 0.29) is 0 Å². The van der Waals surface area contributed by atoms with Crippen molar-refractivity contribution in [3.8, 4) is 0 Å². The number of halogens is 1. The molecule has 0 aromatic heterocycles. The van der Waals surface area contributed by atoms with Gasteiger partial charge in [-0.15, -0.1) is 0 Å². The number of benzene rings is 2. The van der Waals surface area contributed by atoms with Crippen molar-refractivity contribution in [3.05, 3.63) is 71.3 Å². The van der Waals surface area contributed by atoms with Crippen molar-refractivity contribution < 1.29 is 9.53 Å². The molecule has 0 saturated heterocycles. The molecule has 0 heterocycles. The number of carbonyl (C=O) groups excluding carboxylic acids is 1. The minimum atomic E-state index is -0.439. The van der Waals surface area contributed by atoms with E-state index in [9.17, 15) is 4.79 Å². The zero-order valence-corrected chi connectivity index (χ0v) is 13.4. The van der Waals surface area contributed by atoms with Crippen molar-refractivity contribution in [1.29, 1.82) is 0 Å². The molecule has 0 aliphatic rings. The molecule has 114 valence electrons. The van der Waals surface area contributed by atoms with Gasteiger partial charge in [0.25, 0.3) is 0 Å². The molecule has 0 atom stereocenters. The Labute approximate surface area is 135 Å². The molecule has 2 aromatic carbocycles. The maximum atomic E-state index is 12.3. The first kappa shape index (κ1) is 16.1. The van der Waals surface area contributed by atoms with Crippen LogP contribution in [0, 0.1) is 0 Å². The average molecular weight is 316 g/mol. The molecular weight excluding hydrogens is 298 g/mol. The molecule has 0 spiro atoms. The van der Waals surface area contributed by atoms with Gasteiger partial charge in [-0.2, -0.15) is 0 Å². The molecule has 2 rings (SSSR count). The lowest BCUT2D eigenvalue weighted by Crippen LogP contribution is -2.26. The number of allylic oxidation sites excluding steroid dienone is 1. The molecule has 3 nitrogen and oxygen atoms in total. The highest BCUT2D eigenvalue weighted by Gasteiger charge is 2.15. The third-order valence-electron chi connectivity index (χ3n) is 3.13. The SMILES string of the molecule is CC/C=C(/OC(=O)N(C)c1ccc(Cl)cc1)c1ccccc1. The predicted octanol–water partition coefficient (Wildman–Crippen LogP) is 5.36. The second-order valence-electron chi connectivity index (χ2n) is 4.75. The Balaban J connectivity index is 2.15. The second-order valence-corrected chi connectivity index (χ2v) is 5.18. The normalized spacial score (nSPS) is 11.1. The van der Waals surface area contributed by atoms with Crippen molar-refractivity contribution >= 4 is 29.1 Å². The van der Waals surface area contributed by atoms with Crippen LogP contribution in [0.15, 0.2) is 60.7 Å². The number of hydrogen-bond donors (Lipinski definition) is 0. The lowest BCUT2D eigenvalue weighted by molar-refractivity contribution is 0.200. The highest BCUT2D eigenvalue weighted by atomic mass is 35.5. The monoisotopic (exact) mass is 315 g/mol. The van der Waals surface area contributed by atoms with Crippen LogP contribution in [-0.2, 0) is 4.74 Å². The fourth-order valence-electron chi connectivity index (χ4n) is 1.94. The van der Waals surface area contributed by atoms with Crippen LogP contribution in [0.25, 0.3) is 5.76 Å². The van der Waals surface area contributed by atoms with Crippen LogP contribution in [0.1, 0.15) is 18.9 Å². The van der Waals surface area contributed by atoms with E-state index in [0.29, 0.717) is 10.8 Å². The largest absolute Gasteiger partial charge is 0.419 e. The van der Waals surface area contributed by atoms with E-state index in [1.807, 2.05) is 43.3 Å². The summed E-state index contributed by atoms with van der Waals surface area (Å²) in [6.45, 7) is 2.00. The second kappa shape index (κ2) is 7.66. The Kier molecular flexibility index (Phi) is 5.61. The summed E-state index contributed by atoms with van der Waals surface area (Å²) in [7, 11) is 1.67. The minimum absolute atomic E-state index is 0.439. The number of carbonyl (C=O) groups is 1. The van der Waals surface area contributed by atoms with Gasteiger partial charge >= 0.3 is 6.09 Å². The van der Waals surface area contributed by atoms with Crippen LogP contribution >= 0.6 is 11.6 Å². The van der Waals surface area contributed by atoms with Crippen molar-refractivity contribution in [3.63, 3.8) is 0 Å². The zero-order chi connectivity index (χ0) is 15.9. The molecule has 0 aliphatic carbocycles. The number of anilines is 1. The molecule has 0 N–H and O–H groups in total. The molecule has 0 unspecified atom stereocenters. The first-order valence-corrected chi connectivity index (χ1v) is 7.46. The van der Waals surface area contributed by atoms with Gasteiger partial charge in [-0.05, 0) is 36.8 Å². The fraction of sp³-hybridized carbons (Fsp3) is 0.167. The van der Waals surface area contributed by atoms with E-state index in [2.05, 4.69) is 0 Å². The van der Waals surface area contributed by atoms with Gasteiger partial charge in [0.2, 0.25) is 0 Å². The van der Waals surface area contributed by atoms with Gasteiger partial charge in [-0.3, -0.25) is 4.90 Å². The van der Waals surface area contributed by atoms with Crippen molar-refractivity contribution in [1.82, 2.24) is 0 Å². The Hall–Kier alpha value is -2.26. The molecule has 0 radical (unpaired) electrons. The summed E-state index contributed by atoms with van der Waals surface area (Å²) in [5.74, 6) is 0.564. The summed E-state index contributed by atoms with van der Waals surface area (Å²) in [5.41, 5.74) is 1.60. The van der Waals surface area contributed by atoms with Gasteiger partial charge in [-0.25, -0.2) is 4.79 Å². The number of ether oxygens (including phenoxy) is 1. The number of hydrogen-bond acceptors (Lipinski definition) is 2. The lowest BCUT2D eigenvalue weighted by atomic mass is 10.1. The van der Waals surface area contributed by atoms with Gasteiger partial charge in [0, 0.05) is 23.3 Å². The summed E-state index contributed by atoms with van der Waals surface area (Å²) < 4.78 is 5.54. The molecule has 0 aliphatic heterocycles. The quantitative estimate of drug-likeness (QED) is 0.710. The Bertz CT molecular complexity index is 651. The van der Waals surface area contributed by atoms with E-state index >= 15 is 0 Å². The molecule has 2 aromatic rings.